The summed E-state index contributed by atoms with van der Waals surface area (Å²) < 4.78 is 6.93. The Bertz CT molecular complexity index is 929. The highest BCUT2D eigenvalue weighted by Crippen LogP contribution is 2.46. The average molecular weight is 409 g/mol. The summed E-state index contributed by atoms with van der Waals surface area (Å²) in [6.45, 7) is 1.01. The van der Waals surface area contributed by atoms with Gasteiger partial charge in [0.15, 0.2) is 0 Å². The first kappa shape index (κ1) is 18.4. The summed E-state index contributed by atoms with van der Waals surface area (Å²) in [7, 11) is 0. The Morgan fingerprint density at radius 1 is 1.39 bits per heavy atom. The van der Waals surface area contributed by atoms with Crippen LogP contribution in [0.15, 0.2) is 16.4 Å². The van der Waals surface area contributed by atoms with Gasteiger partial charge in [-0.1, -0.05) is 11.8 Å². The quantitative estimate of drug-likeness (QED) is 0.374. The summed E-state index contributed by atoms with van der Waals surface area (Å²) in [4.78, 5) is 49.7. The molecule has 0 spiro atoms. The van der Waals surface area contributed by atoms with Crippen LogP contribution in [0.5, 0.6) is 0 Å². The number of carbonyl (C=O) groups is 4. The second-order valence-corrected chi connectivity index (χ2v) is 7.34. The maximum atomic E-state index is 12.5. The Kier molecular flexibility index (Phi) is 4.30. The van der Waals surface area contributed by atoms with Crippen molar-refractivity contribution in [1.82, 2.24) is 30.0 Å². The number of β-lactam (4-membered cyclic amide) rings is 1. The summed E-state index contributed by atoms with van der Waals surface area (Å²) >= 11 is 1.10. The van der Waals surface area contributed by atoms with Gasteiger partial charge in [-0.15, -0.1) is 5.10 Å². The number of thioether (sulfide) groups is 1. The van der Waals surface area contributed by atoms with E-state index >= 15 is 0 Å². The monoisotopic (exact) mass is 409 g/mol. The number of nitrogens with two attached hydrogens (primary N) is 1. The number of primary amides is 1. The second kappa shape index (κ2) is 6.56. The summed E-state index contributed by atoms with van der Waals surface area (Å²) in [5, 5.41) is 20.9. The minimum atomic E-state index is -1.26. The fourth-order valence-corrected chi connectivity index (χ4v) is 4.60. The number of carboxylic acids is 1. The summed E-state index contributed by atoms with van der Waals surface area (Å²) in [5.74, 6) is -2.52. The van der Waals surface area contributed by atoms with E-state index in [1.165, 1.54) is 21.4 Å². The molecular weight excluding hydrogens is 394 g/mol. The zero-order valence-corrected chi connectivity index (χ0v) is 15.3. The molecule has 28 heavy (non-hydrogen) atoms. The van der Waals surface area contributed by atoms with Crippen molar-refractivity contribution in [2.24, 2.45) is 5.73 Å². The Morgan fingerprint density at radius 3 is 2.79 bits per heavy atom. The highest BCUT2D eigenvalue weighted by atomic mass is 32.2. The van der Waals surface area contributed by atoms with Crippen molar-refractivity contribution >= 4 is 35.5 Å². The van der Waals surface area contributed by atoms with E-state index in [-0.39, 0.29) is 35.8 Å². The number of carbonyl (C=O) groups excluding carboxylic acids is 3. The van der Waals surface area contributed by atoms with Crippen molar-refractivity contribution < 1.29 is 29.0 Å². The minimum Gasteiger partial charge on any atom is -0.477 e. The van der Waals surface area contributed by atoms with Gasteiger partial charge in [0.25, 0.3) is 5.91 Å². The Morgan fingerprint density at radius 2 is 2.14 bits per heavy atom. The van der Waals surface area contributed by atoms with Crippen LogP contribution in [0, 0.1) is 0 Å². The van der Waals surface area contributed by atoms with Crippen molar-refractivity contribution in [3.05, 3.63) is 11.3 Å². The van der Waals surface area contributed by atoms with Crippen molar-refractivity contribution in [1.29, 1.82) is 0 Å². The third-order valence-electron chi connectivity index (χ3n) is 4.81. The molecule has 3 atom stereocenters. The van der Waals surface area contributed by atoms with Gasteiger partial charge in [-0.25, -0.2) is 9.48 Å². The molecule has 0 radical (unpaired) electrons. The summed E-state index contributed by atoms with van der Waals surface area (Å²) in [6, 6.07) is -1.29. The van der Waals surface area contributed by atoms with Crippen molar-refractivity contribution in [2.75, 3.05) is 12.5 Å². The van der Waals surface area contributed by atoms with Crippen LogP contribution >= 0.6 is 11.8 Å². The number of hydrogen-bond donors (Lipinski definition) is 2. The zero-order valence-electron chi connectivity index (χ0n) is 14.5. The molecule has 3 aliphatic rings. The van der Waals surface area contributed by atoms with E-state index in [2.05, 4.69) is 15.5 Å². The van der Waals surface area contributed by atoms with E-state index in [9.17, 15) is 24.3 Å². The first-order valence-electron chi connectivity index (χ1n) is 8.16. The number of nitrogens with zero attached hydrogens (tertiary/aromatic N) is 6. The molecule has 1 aromatic heterocycles. The van der Waals surface area contributed by atoms with E-state index in [4.69, 9.17) is 10.5 Å². The van der Waals surface area contributed by atoms with E-state index in [0.717, 1.165) is 11.8 Å². The van der Waals surface area contributed by atoms with Crippen LogP contribution in [0.2, 0.25) is 0 Å². The highest BCUT2D eigenvalue weighted by Gasteiger charge is 2.64. The van der Waals surface area contributed by atoms with Crippen LogP contribution in [0.4, 0.5) is 0 Å². The lowest BCUT2D eigenvalue weighted by atomic mass is 9.89. The number of aromatic nitrogens is 4. The lowest BCUT2D eigenvalue weighted by molar-refractivity contribution is -0.192. The van der Waals surface area contributed by atoms with Gasteiger partial charge in [0.05, 0.1) is 6.04 Å². The average Bonchev–Trinajstić information content (AvgIpc) is 3.18. The molecular formula is C14H15N7O6S. The third-order valence-corrected chi connectivity index (χ3v) is 5.81. The van der Waals surface area contributed by atoms with Gasteiger partial charge in [0.2, 0.25) is 17.0 Å². The van der Waals surface area contributed by atoms with E-state index in [0.29, 0.717) is 5.57 Å². The molecule has 4 heterocycles. The zero-order chi connectivity index (χ0) is 20.2. The fourth-order valence-electron chi connectivity index (χ4n) is 3.67. The topological polar surface area (TPSA) is 174 Å². The van der Waals surface area contributed by atoms with Crippen LogP contribution in [0.3, 0.4) is 0 Å². The van der Waals surface area contributed by atoms with Crippen LogP contribution in [0.25, 0.3) is 0 Å². The van der Waals surface area contributed by atoms with E-state index in [1.54, 1.807) is 0 Å². The lowest BCUT2D eigenvalue weighted by Gasteiger charge is -2.52. The molecule has 0 aromatic carbocycles. The molecule has 2 fully saturated rings. The largest absolute Gasteiger partial charge is 0.477 e. The van der Waals surface area contributed by atoms with E-state index < -0.39 is 36.0 Å². The third kappa shape index (κ3) is 2.63. The van der Waals surface area contributed by atoms with Crippen LogP contribution in [0.1, 0.15) is 6.92 Å². The maximum absolute atomic E-state index is 12.5. The number of amides is 3. The first-order chi connectivity index (χ1) is 13.3. The molecule has 2 saturated heterocycles. The Hall–Kier alpha value is -3.00. The van der Waals surface area contributed by atoms with Crippen LogP contribution < -0.4 is 5.73 Å². The highest BCUT2D eigenvalue weighted by molar-refractivity contribution is 7.99. The number of aliphatic carboxylic acids is 1. The van der Waals surface area contributed by atoms with Gasteiger partial charge in [-0.3, -0.25) is 19.3 Å². The molecule has 0 bridgehead atoms. The van der Waals surface area contributed by atoms with Gasteiger partial charge in [0.1, 0.15) is 31.1 Å². The first-order valence-corrected chi connectivity index (χ1v) is 9.15. The molecule has 0 aliphatic carbocycles. The molecule has 3 aliphatic heterocycles. The predicted molar refractivity (Wildman–Crippen MR) is 89.1 cm³/mol. The predicted octanol–water partition coefficient (Wildman–Crippen LogP) is -2.61. The molecule has 14 heteroatoms. The molecule has 1 unspecified atom stereocenters. The molecule has 3 amide bonds. The SMILES string of the molecule is CC(=O)N1COC2C(CSc3nnnn3CC(N)=O)=C(C(=O)O)N3C(=O)[C@@H]1[C@@H]23. The minimum absolute atomic E-state index is 0.0960. The molecule has 1 aromatic rings. The summed E-state index contributed by atoms with van der Waals surface area (Å²) in [5.41, 5.74) is 5.40. The van der Waals surface area contributed by atoms with Crippen LogP contribution in [-0.4, -0.2) is 89.5 Å². The fraction of sp³-hybridized carbons (Fsp3) is 0.500. The normalized spacial score (nSPS) is 25.6. The van der Waals surface area contributed by atoms with Crippen molar-refractivity contribution in [2.45, 2.75) is 36.8 Å². The Labute approximate surface area is 161 Å². The van der Waals surface area contributed by atoms with Gasteiger partial charge in [0, 0.05) is 18.2 Å². The smallest absolute Gasteiger partial charge is 0.352 e. The molecule has 13 nitrogen and oxygen atoms in total. The number of tetrazole rings is 1. The lowest BCUT2D eigenvalue weighted by Crippen LogP contribution is -2.75. The molecule has 148 valence electrons. The number of ether oxygens (including phenoxy) is 1. The van der Waals surface area contributed by atoms with Gasteiger partial charge in [-0.2, -0.15) is 0 Å². The maximum Gasteiger partial charge on any atom is 0.352 e. The molecule has 0 saturated carbocycles. The van der Waals surface area contributed by atoms with Gasteiger partial charge < -0.3 is 20.5 Å². The van der Waals surface area contributed by atoms with E-state index in [1.807, 2.05) is 0 Å². The second-order valence-electron chi connectivity index (χ2n) is 6.40. The number of rotatable bonds is 6. The van der Waals surface area contributed by atoms with Crippen molar-refractivity contribution in [3.63, 3.8) is 0 Å². The van der Waals surface area contributed by atoms with Gasteiger partial charge >= 0.3 is 5.97 Å². The number of hydrogen-bond acceptors (Lipinski definition) is 9. The van der Waals surface area contributed by atoms with Crippen LogP contribution in [-0.2, 0) is 30.5 Å². The molecule has 4 rings (SSSR count). The standard InChI is InChI=1S/C14H15N7O6S/c1-5(22)19-4-27-11-6(3-28-14-16-17-18-20(14)2-7(15)23)8(13(25)26)21-9(11)10(19)12(21)24/h9-11H,2-4H2,1H3,(H2,15,23)(H,25,26)/t9-,10-,11?/m0/s1. The molecule has 3 N–H and O–H groups in total. The number of carboxylic acid groups (broad SMARTS) is 1. The van der Waals surface area contributed by atoms with Crippen molar-refractivity contribution in [3.8, 4) is 0 Å². The summed E-state index contributed by atoms with van der Waals surface area (Å²) in [6.07, 6.45) is -0.641. The van der Waals surface area contributed by atoms with Gasteiger partial charge in [-0.05, 0) is 10.4 Å². The Balaban J connectivity index is 1.60.